The molecule has 0 N–H and O–H groups in total. The van der Waals surface area contributed by atoms with Crippen LogP contribution in [0.3, 0.4) is 0 Å². The highest BCUT2D eigenvalue weighted by Crippen LogP contribution is 2.11. The summed E-state index contributed by atoms with van der Waals surface area (Å²) in [6.45, 7) is 0.0487. The molecule has 6 heteroatoms. The molecule has 0 spiro atoms. The first-order valence-electron chi connectivity index (χ1n) is 2.55. The van der Waals surface area contributed by atoms with E-state index in [1.54, 1.807) is 0 Å². The van der Waals surface area contributed by atoms with Crippen molar-refractivity contribution in [1.82, 2.24) is 0 Å². The number of hydrogen-bond donors (Lipinski definition) is 0. The smallest absolute Gasteiger partial charge is 0.264 e. The maximum atomic E-state index is 12.3. The fraction of sp³-hybridized carbons (Fsp3) is 1.00. The second-order valence-corrected chi connectivity index (χ2v) is 4.42. The second kappa shape index (κ2) is 4.10. The first-order chi connectivity index (χ1) is 4.48. The highest BCUT2D eigenvalue weighted by atomic mass is 35.7. The predicted octanol–water partition coefficient (Wildman–Crippen LogP) is 0.887. The van der Waals surface area contributed by atoms with E-state index >= 15 is 0 Å². The van der Waals surface area contributed by atoms with E-state index in [4.69, 9.17) is 0 Å². The van der Waals surface area contributed by atoms with Crippen molar-refractivity contribution < 1.29 is 17.5 Å². The number of hydrogen-bond acceptors (Lipinski definition) is 3. The number of ether oxygens (including phenoxy) is 1. The Labute approximate surface area is 63.5 Å². The van der Waals surface area contributed by atoms with Crippen LogP contribution in [0.4, 0.5) is 4.39 Å². The lowest BCUT2D eigenvalue weighted by atomic mass is 10.5. The molecule has 0 fully saturated rings. The van der Waals surface area contributed by atoms with E-state index in [1.807, 2.05) is 0 Å². The topological polar surface area (TPSA) is 43.4 Å². The van der Waals surface area contributed by atoms with E-state index in [0.717, 1.165) is 0 Å². The lowest BCUT2D eigenvalue weighted by molar-refractivity contribution is 0.179. The van der Waals surface area contributed by atoms with Crippen LogP contribution in [0, 0.1) is 0 Å². The summed E-state index contributed by atoms with van der Waals surface area (Å²) < 4.78 is 37.1. The van der Waals surface area contributed by atoms with Gasteiger partial charge in [-0.05, 0) is 0 Å². The summed E-state index contributed by atoms with van der Waals surface area (Å²) in [4.78, 5) is 0. The van der Waals surface area contributed by atoms with Gasteiger partial charge in [-0.25, -0.2) is 12.8 Å². The van der Waals surface area contributed by atoms with Gasteiger partial charge in [0.25, 0.3) is 9.05 Å². The molecule has 0 heterocycles. The normalized spacial score (nSPS) is 15.1. The van der Waals surface area contributed by atoms with Crippen LogP contribution in [0.2, 0.25) is 0 Å². The molecule has 0 aromatic rings. The van der Waals surface area contributed by atoms with Gasteiger partial charge in [0.15, 0.2) is 0 Å². The van der Waals surface area contributed by atoms with Gasteiger partial charge in [0.05, 0.1) is 6.61 Å². The molecule has 0 aliphatic carbocycles. The first-order valence-corrected chi connectivity index (χ1v) is 4.92. The van der Waals surface area contributed by atoms with Gasteiger partial charge in [-0.15, -0.1) is 0 Å². The minimum atomic E-state index is -4.05. The van der Waals surface area contributed by atoms with Gasteiger partial charge in [0, 0.05) is 24.2 Å². The van der Waals surface area contributed by atoms with Gasteiger partial charge in [-0.2, -0.15) is 0 Å². The van der Waals surface area contributed by atoms with Crippen molar-refractivity contribution >= 4 is 19.7 Å². The number of rotatable bonds is 4. The largest absolute Gasteiger partial charge is 0.385 e. The second-order valence-electron chi connectivity index (χ2n) is 1.67. The van der Waals surface area contributed by atoms with Crippen LogP contribution in [0.5, 0.6) is 0 Å². The van der Waals surface area contributed by atoms with Crippen LogP contribution in [0.1, 0.15) is 6.42 Å². The summed E-state index contributed by atoms with van der Waals surface area (Å²) in [5.74, 6) is 0. The molecule has 10 heavy (non-hydrogen) atoms. The Morgan fingerprint density at radius 2 is 2.20 bits per heavy atom. The van der Waals surface area contributed by atoms with E-state index in [2.05, 4.69) is 15.4 Å². The lowest BCUT2D eigenvalue weighted by Gasteiger charge is -2.01. The van der Waals surface area contributed by atoms with Crippen molar-refractivity contribution in [2.45, 2.75) is 11.9 Å². The molecule has 0 aromatic heterocycles. The third-order valence-electron chi connectivity index (χ3n) is 0.854. The Morgan fingerprint density at radius 1 is 1.70 bits per heavy atom. The van der Waals surface area contributed by atoms with Crippen LogP contribution in [0.25, 0.3) is 0 Å². The highest BCUT2D eigenvalue weighted by molar-refractivity contribution is 8.14. The van der Waals surface area contributed by atoms with Crippen LogP contribution >= 0.6 is 10.7 Å². The maximum absolute atomic E-state index is 12.3. The maximum Gasteiger partial charge on any atom is 0.264 e. The Bertz CT molecular complexity index is 179. The van der Waals surface area contributed by atoms with E-state index in [0.29, 0.717) is 0 Å². The molecule has 62 valence electrons. The summed E-state index contributed by atoms with van der Waals surface area (Å²) in [6, 6.07) is 0. The molecule has 0 radical (unpaired) electrons. The zero-order chi connectivity index (χ0) is 8.20. The van der Waals surface area contributed by atoms with Crippen molar-refractivity contribution in [2.24, 2.45) is 0 Å². The van der Waals surface area contributed by atoms with Gasteiger partial charge in [0.2, 0.25) is 5.50 Å². The molecule has 0 aromatic carbocycles. The average Bonchev–Trinajstić information content (AvgIpc) is 1.80. The zero-order valence-electron chi connectivity index (χ0n) is 5.38. The summed E-state index contributed by atoms with van der Waals surface area (Å²) in [6.07, 6.45) is -0.220. The molecule has 0 rings (SSSR count). The SMILES string of the molecule is COCCC(F)S(=O)(=O)Cl. The van der Waals surface area contributed by atoms with Gasteiger partial charge >= 0.3 is 0 Å². The third-order valence-corrected chi connectivity index (χ3v) is 2.28. The number of methoxy groups -OCH3 is 1. The summed E-state index contributed by atoms with van der Waals surface area (Å²) in [5, 5.41) is 0. The van der Waals surface area contributed by atoms with Crippen molar-refractivity contribution in [3.63, 3.8) is 0 Å². The van der Waals surface area contributed by atoms with Crippen LogP contribution < -0.4 is 0 Å². The third kappa shape index (κ3) is 4.03. The van der Waals surface area contributed by atoms with Crippen molar-refractivity contribution in [1.29, 1.82) is 0 Å². The fourth-order valence-corrected chi connectivity index (χ4v) is 0.996. The van der Waals surface area contributed by atoms with Gasteiger partial charge in [-0.1, -0.05) is 0 Å². The standard InChI is InChI=1S/C4H8ClFO3S/c1-9-3-2-4(6)10(5,7)8/h4H,2-3H2,1H3. The zero-order valence-corrected chi connectivity index (χ0v) is 6.95. The monoisotopic (exact) mass is 190 g/mol. The van der Waals surface area contributed by atoms with Crippen LogP contribution in [0.15, 0.2) is 0 Å². The lowest BCUT2D eigenvalue weighted by Crippen LogP contribution is -2.12. The minimum Gasteiger partial charge on any atom is -0.385 e. The fourth-order valence-electron chi connectivity index (χ4n) is 0.351. The van der Waals surface area contributed by atoms with Crippen LogP contribution in [-0.4, -0.2) is 27.6 Å². The summed E-state index contributed by atoms with van der Waals surface area (Å²) in [5.41, 5.74) is -2.02. The van der Waals surface area contributed by atoms with Gasteiger partial charge in [-0.3, -0.25) is 0 Å². The molecule has 1 atom stereocenters. The van der Waals surface area contributed by atoms with E-state index < -0.39 is 14.6 Å². The van der Waals surface area contributed by atoms with Crippen LogP contribution in [-0.2, 0) is 13.8 Å². The average molecular weight is 191 g/mol. The summed E-state index contributed by atoms with van der Waals surface area (Å²) in [7, 11) is 1.97. The molecule has 0 aliphatic heterocycles. The highest BCUT2D eigenvalue weighted by Gasteiger charge is 2.20. The number of alkyl halides is 1. The van der Waals surface area contributed by atoms with Gasteiger partial charge < -0.3 is 4.74 Å². The first kappa shape index (κ1) is 10.1. The van der Waals surface area contributed by atoms with Crippen molar-refractivity contribution in [2.75, 3.05) is 13.7 Å². The Kier molecular flexibility index (Phi) is 4.15. The predicted molar refractivity (Wildman–Crippen MR) is 36.2 cm³/mol. The molecule has 0 bridgehead atoms. The molecule has 1 unspecified atom stereocenters. The molecule has 0 saturated heterocycles. The molecule has 3 nitrogen and oxygen atoms in total. The number of halogens is 2. The molecule has 0 saturated carbocycles. The summed E-state index contributed by atoms with van der Waals surface area (Å²) >= 11 is 0. The molecular weight excluding hydrogens is 183 g/mol. The Hall–Kier alpha value is 0.130. The van der Waals surface area contributed by atoms with Gasteiger partial charge in [0.1, 0.15) is 0 Å². The Balaban J connectivity index is 3.75. The molecular formula is C4H8ClFO3S. The van der Waals surface area contributed by atoms with E-state index in [9.17, 15) is 12.8 Å². The Morgan fingerprint density at radius 3 is 2.50 bits per heavy atom. The molecule has 0 amide bonds. The van der Waals surface area contributed by atoms with E-state index in [1.165, 1.54) is 7.11 Å². The van der Waals surface area contributed by atoms with Crippen molar-refractivity contribution in [3.8, 4) is 0 Å². The molecule has 0 aliphatic rings. The van der Waals surface area contributed by atoms with Crippen molar-refractivity contribution in [3.05, 3.63) is 0 Å². The quantitative estimate of drug-likeness (QED) is 0.619. The van der Waals surface area contributed by atoms with E-state index in [-0.39, 0.29) is 13.0 Å². The minimum absolute atomic E-state index is 0.0487.